The number of hydrogen-bond acceptors (Lipinski definition) is 3. The van der Waals surface area contributed by atoms with Crippen molar-refractivity contribution >= 4 is 23.2 Å². The van der Waals surface area contributed by atoms with E-state index < -0.39 is 0 Å². The number of pyridine rings is 1. The summed E-state index contributed by atoms with van der Waals surface area (Å²) >= 11 is 5.75. The lowest BCUT2D eigenvalue weighted by Crippen LogP contribution is -2.29. The number of aryl methyl sites for hydroxylation is 1. The zero-order valence-corrected chi connectivity index (χ0v) is 10.9. The molecule has 0 aliphatic rings. The molecule has 3 N–H and O–H groups in total. The van der Waals surface area contributed by atoms with Crippen molar-refractivity contribution in [3.05, 3.63) is 23.0 Å². The normalized spacial score (nSPS) is 12.2. The number of carbonyl (C=O) groups excluding carboxylic acids is 1. The van der Waals surface area contributed by atoms with Crippen LogP contribution >= 0.6 is 11.6 Å². The molecule has 17 heavy (non-hydrogen) atoms. The highest BCUT2D eigenvalue weighted by molar-refractivity contribution is 6.29. The van der Waals surface area contributed by atoms with Gasteiger partial charge in [0.2, 0.25) is 5.91 Å². The number of anilines is 1. The summed E-state index contributed by atoms with van der Waals surface area (Å²) in [5, 5.41) is 3.25. The van der Waals surface area contributed by atoms with E-state index in [1.165, 1.54) is 0 Å². The summed E-state index contributed by atoms with van der Waals surface area (Å²) in [5.74, 6) is -0.198. The fraction of sp³-hybridized carbons (Fsp3) is 0.500. The predicted octanol–water partition coefficient (Wildman–Crippen LogP) is 2.36. The van der Waals surface area contributed by atoms with Crippen molar-refractivity contribution in [1.29, 1.82) is 0 Å². The van der Waals surface area contributed by atoms with Crippen molar-refractivity contribution in [2.45, 2.75) is 26.7 Å². The van der Waals surface area contributed by atoms with Crippen molar-refractivity contribution in [3.8, 4) is 0 Å². The zero-order chi connectivity index (χ0) is 12.8. The van der Waals surface area contributed by atoms with Crippen LogP contribution in [0.4, 0.5) is 5.69 Å². The Kier molecular flexibility index (Phi) is 5.38. The van der Waals surface area contributed by atoms with Gasteiger partial charge in [-0.05, 0) is 25.0 Å². The summed E-state index contributed by atoms with van der Waals surface area (Å²) in [6, 6.07) is 1.72. The van der Waals surface area contributed by atoms with Crippen LogP contribution in [0.5, 0.6) is 0 Å². The van der Waals surface area contributed by atoms with Crippen LogP contribution in [0.15, 0.2) is 12.3 Å². The predicted molar refractivity (Wildman–Crippen MR) is 70.1 cm³/mol. The largest absolute Gasteiger partial charge is 0.330 e. The average Bonchev–Trinajstić information content (AvgIpc) is 2.29. The lowest BCUT2D eigenvalue weighted by atomic mass is 10.0. The molecule has 5 heteroatoms. The van der Waals surface area contributed by atoms with E-state index in [0.717, 1.165) is 18.4 Å². The van der Waals surface area contributed by atoms with Crippen molar-refractivity contribution in [1.82, 2.24) is 4.98 Å². The maximum Gasteiger partial charge on any atom is 0.228 e. The maximum atomic E-state index is 11.9. The molecular formula is C12H18ClN3O. The van der Waals surface area contributed by atoms with Crippen molar-refractivity contribution in [2.24, 2.45) is 11.7 Å². The fourth-order valence-electron chi connectivity index (χ4n) is 1.59. The van der Waals surface area contributed by atoms with Crippen LogP contribution in [-0.4, -0.2) is 17.4 Å². The first-order valence-electron chi connectivity index (χ1n) is 5.71. The molecule has 0 saturated carbocycles. The van der Waals surface area contributed by atoms with Crippen LogP contribution in [0.2, 0.25) is 5.15 Å². The third-order valence-corrected chi connectivity index (χ3v) is 2.83. The first-order valence-corrected chi connectivity index (χ1v) is 6.09. The molecular weight excluding hydrogens is 238 g/mol. The lowest BCUT2D eigenvalue weighted by Gasteiger charge is -2.14. The molecule has 94 valence electrons. The minimum absolute atomic E-state index is 0.0541. The van der Waals surface area contributed by atoms with E-state index in [0.29, 0.717) is 17.4 Å². The van der Waals surface area contributed by atoms with E-state index in [2.05, 4.69) is 10.3 Å². The smallest absolute Gasteiger partial charge is 0.228 e. The highest BCUT2D eigenvalue weighted by Gasteiger charge is 2.16. The summed E-state index contributed by atoms with van der Waals surface area (Å²) < 4.78 is 0. The molecule has 0 aliphatic heterocycles. The second-order valence-electron chi connectivity index (χ2n) is 4.03. The van der Waals surface area contributed by atoms with Gasteiger partial charge in [-0.25, -0.2) is 4.98 Å². The number of carbonyl (C=O) groups is 1. The van der Waals surface area contributed by atoms with Crippen LogP contribution in [0, 0.1) is 12.8 Å². The number of nitrogens with zero attached hydrogens (tertiary/aromatic N) is 1. The molecule has 1 rings (SSSR count). The van der Waals surface area contributed by atoms with Gasteiger partial charge in [0.15, 0.2) is 0 Å². The molecule has 0 aromatic carbocycles. The fourth-order valence-corrected chi connectivity index (χ4v) is 1.80. The molecule has 1 heterocycles. The average molecular weight is 256 g/mol. The third kappa shape index (κ3) is 3.98. The Morgan fingerprint density at radius 1 is 1.65 bits per heavy atom. The number of rotatable bonds is 5. The van der Waals surface area contributed by atoms with Gasteiger partial charge in [0.05, 0.1) is 17.8 Å². The van der Waals surface area contributed by atoms with Gasteiger partial charge >= 0.3 is 0 Å². The molecule has 1 aromatic heterocycles. The number of amides is 1. The van der Waals surface area contributed by atoms with Gasteiger partial charge in [-0.15, -0.1) is 0 Å². The van der Waals surface area contributed by atoms with Gasteiger partial charge < -0.3 is 11.1 Å². The van der Waals surface area contributed by atoms with E-state index in [1.807, 2.05) is 13.8 Å². The van der Waals surface area contributed by atoms with Crippen LogP contribution in [0.25, 0.3) is 0 Å². The van der Waals surface area contributed by atoms with E-state index in [1.54, 1.807) is 12.3 Å². The Labute approximate surface area is 107 Å². The van der Waals surface area contributed by atoms with Crippen molar-refractivity contribution < 1.29 is 4.79 Å². The highest BCUT2D eigenvalue weighted by Crippen LogP contribution is 2.18. The van der Waals surface area contributed by atoms with E-state index in [-0.39, 0.29) is 11.8 Å². The van der Waals surface area contributed by atoms with Gasteiger partial charge in [0.25, 0.3) is 0 Å². The minimum atomic E-state index is -0.143. The molecule has 1 atom stereocenters. The van der Waals surface area contributed by atoms with Crippen LogP contribution in [-0.2, 0) is 4.79 Å². The Hall–Kier alpha value is -1.13. The second kappa shape index (κ2) is 6.57. The Morgan fingerprint density at radius 3 is 2.88 bits per heavy atom. The van der Waals surface area contributed by atoms with Gasteiger partial charge in [0, 0.05) is 6.54 Å². The number of nitrogens with one attached hydrogen (secondary N) is 1. The van der Waals surface area contributed by atoms with Gasteiger partial charge in [-0.2, -0.15) is 0 Å². The molecule has 0 saturated heterocycles. The first-order chi connectivity index (χ1) is 8.08. The molecule has 1 amide bonds. The summed E-state index contributed by atoms with van der Waals surface area (Å²) in [5.41, 5.74) is 7.16. The number of halogens is 1. The third-order valence-electron chi connectivity index (χ3n) is 2.63. The Morgan fingerprint density at radius 2 is 2.35 bits per heavy atom. The first kappa shape index (κ1) is 13.9. The van der Waals surface area contributed by atoms with Crippen LogP contribution in [0.3, 0.4) is 0 Å². The number of nitrogens with two attached hydrogens (primary N) is 1. The molecule has 4 nitrogen and oxygen atoms in total. The van der Waals surface area contributed by atoms with Gasteiger partial charge in [-0.3, -0.25) is 4.79 Å². The molecule has 1 unspecified atom stereocenters. The summed E-state index contributed by atoms with van der Waals surface area (Å²) in [6.45, 7) is 4.27. The Bertz CT molecular complexity index is 395. The van der Waals surface area contributed by atoms with E-state index in [9.17, 15) is 4.79 Å². The molecule has 0 spiro atoms. The summed E-state index contributed by atoms with van der Waals surface area (Å²) in [4.78, 5) is 15.9. The van der Waals surface area contributed by atoms with E-state index >= 15 is 0 Å². The maximum absolute atomic E-state index is 11.9. The summed E-state index contributed by atoms with van der Waals surface area (Å²) in [6.07, 6.45) is 3.30. The molecule has 0 radical (unpaired) electrons. The van der Waals surface area contributed by atoms with E-state index in [4.69, 9.17) is 17.3 Å². The number of aromatic nitrogens is 1. The van der Waals surface area contributed by atoms with Crippen molar-refractivity contribution in [3.63, 3.8) is 0 Å². The summed E-state index contributed by atoms with van der Waals surface area (Å²) in [7, 11) is 0. The molecule has 0 fully saturated rings. The minimum Gasteiger partial charge on any atom is -0.330 e. The molecule has 1 aromatic rings. The van der Waals surface area contributed by atoms with Crippen LogP contribution in [0.1, 0.15) is 25.3 Å². The quantitative estimate of drug-likeness (QED) is 0.794. The molecule has 0 bridgehead atoms. The zero-order valence-electron chi connectivity index (χ0n) is 10.2. The highest BCUT2D eigenvalue weighted by atomic mass is 35.5. The lowest BCUT2D eigenvalue weighted by molar-refractivity contribution is -0.119. The van der Waals surface area contributed by atoms with Crippen LogP contribution < -0.4 is 11.1 Å². The number of hydrogen-bond donors (Lipinski definition) is 2. The SMILES string of the molecule is CCCC(CN)C(=O)Nc1cnc(Cl)cc1C. The second-order valence-corrected chi connectivity index (χ2v) is 4.42. The van der Waals surface area contributed by atoms with Crippen molar-refractivity contribution in [2.75, 3.05) is 11.9 Å². The molecule has 0 aliphatic carbocycles. The topological polar surface area (TPSA) is 68.0 Å². The Balaban J connectivity index is 2.73. The monoisotopic (exact) mass is 255 g/mol. The standard InChI is InChI=1S/C12H18ClN3O/c1-3-4-9(6-14)12(17)16-10-7-15-11(13)5-8(10)2/h5,7,9H,3-4,6,14H2,1-2H3,(H,16,17). The van der Waals surface area contributed by atoms with Gasteiger partial charge in [-0.1, -0.05) is 24.9 Å². The van der Waals surface area contributed by atoms with Gasteiger partial charge in [0.1, 0.15) is 5.15 Å².